The first-order valence-corrected chi connectivity index (χ1v) is 5.72. The van der Waals surface area contributed by atoms with Crippen molar-refractivity contribution in [1.82, 2.24) is 4.90 Å². The average Bonchev–Trinajstić information content (AvgIpc) is 2.27. The van der Waals surface area contributed by atoms with Gasteiger partial charge >= 0.3 is 0 Å². The molecule has 15 heavy (non-hydrogen) atoms. The first-order valence-electron chi connectivity index (χ1n) is 5.19. The molecule has 0 spiro atoms. The molecule has 1 N–H and O–H groups in total. The fraction of sp³-hybridized carbons (Fsp3) is 0.900. The highest BCUT2D eigenvalue weighted by Crippen LogP contribution is 2.15. The predicted molar refractivity (Wildman–Crippen MR) is 57.9 cm³/mol. The highest BCUT2D eigenvalue weighted by atomic mass is 35.5. The molecule has 0 radical (unpaired) electrons. The maximum absolute atomic E-state index is 11.9. The molecule has 1 rings (SSSR count). The molecule has 0 aromatic carbocycles. The van der Waals surface area contributed by atoms with Crippen molar-refractivity contribution in [3.8, 4) is 0 Å². The minimum Gasteiger partial charge on any atom is -0.394 e. The SMILES string of the molecule is CC(CCl)C(=O)N1CC(CO)OCC1C. The van der Waals surface area contributed by atoms with Crippen LogP contribution in [0.4, 0.5) is 0 Å². The Bertz CT molecular complexity index is 225. The predicted octanol–water partition coefficient (Wildman–Crippen LogP) is 0.469. The van der Waals surface area contributed by atoms with Crippen molar-refractivity contribution in [2.24, 2.45) is 5.92 Å². The second kappa shape index (κ2) is 5.68. The van der Waals surface area contributed by atoms with Gasteiger partial charge in [-0.3, -0.25) is 4.79 Å². The third-order valence-electron chi connectivity index (χ3n) is 2.65. The van der Waals surface area contributed by atoms with Crippen LogP contribution in [-0.2, 0) is 9.53 Å². The van der Waals surface area contributed by atoms with Crippen LogP contribution in [0.15, 0.2) is 0 Å². The molecule has 88 valence electrons. The molecule has 0 aromatic heterocycles. The van der Waals surface area contributed by atoms with Gasteiger partial charge in [-0.2, -0.15) is 0 Å². The Balaban J connectivity index is 2.61. The monoisotopic (exact) mass is 235 g/mol. The first-order chi connectivity index (χ1) is 7.10. The minimum absolute atomic E-state index is 0.0410. The topological polar surface area (TPSA) is 49.8 Å². The summed E-state index contributed by atoms with van der Waals surface area (Å²) < 4.78 is 5.36. The van der Waals surface area contributed by atoms with Gasteiger partial charge in [-0.05, 0) is 6.92 Å². The standard InChI is InChI=1S/C10H18ClNO3/c1-7(3-11)10(14)12-4-9(5-13)15-6-8(12)2/h7-9,13H,3-6H2,1-2H3. The van der Waals surface area contributed by atoms with Gasteiger partial charge in [-0.1, -0.05) is 6.92 Å². The number of aliphatic hydroxyl groups is 1. The van der Waals surface area contributed by atoms with Crippen LogP contribution in [0.2, 0.25) is 0 Å². The molecule has 0 aromatic rings. The van der Waals surface area contributed by atoms with Crippen LogP contribution in [0.25, 0.3) is 0 Å². The molecule has 4 nitrogen and oxygen atoms in total. The summed E-state index contributed by atoms with van der Waals surface area (Å²) in [6, 6.07) is 0.0611. The van der Waals surface area contributed by atoms with E-state index in [1.54, 1.807) is 4.90 Å². The second-order valence-corrected chi connectivity index (χ2v) is 4.34. The summed E-state index contributed by atoms with van der Waals surface area (Å²) in [5.74, 6) is 0.193. The summed E-state index contributed by atoms with van der Waals surface area (Å²) in [5.41, 5.74) is 0. The third kappa shape index (κ3) is 3.06. The Morgan fingerprint density at radius 1 is 1.73 bits per heavy atom. The number of hydrogen-bond acceptors (Lipinski definition) is 3. The molecule has 5 heteroatoms. The summed E-state index contributed by atoms with van der Waals surface area (Å²) in [6.45, 7) is 4.63. The molecule has 1 aliphatic rings. The van der Waals surface area contributed by atoms with E-state index in [2.05, 4.69) is 0 Å². The van der Waals surface area contributed by atoms with Crippen molar-refractivity contribution in [3.05, 3.63) is 0 Å². The van der Waals surface area contributed by atoms with Crippen LogP contribution in [-0.4, -0.2) is 53.7 Å². The molecule has 0 saturated carbocycles. The lowest BCUT2D eigenvalue weighted by Crippen LogP contribution is -2.53. The maximum atomic E-state index is 11.9. The summed E-state index contributed by atoms with van der Waals surface area (Å²) in [4.78, 5) is 13.7. The van der Waals surface area contributed by atoms with Gasteiger partial charge in [-0.25, -0.2) is 0 Å². The number of alkyl halides is 1. The fourth-order valence-corrected chi connectivity index (χ4v) is 1.72. The minimum atomic E-state index is -0.257. The Labute approximate surface area is 95.2 Å². The molecule has 0 bridgehead atoms. The van der Waals surface area contributed by atoms with Crippen LogP contribution < -0.4 is 0 Å². The maximum Gasteiger partial charge on any atom is 0.227 e. The lowest BCUT2D eigenvalue weighted by Gasteiger charge is -2.38. The lowest BCUT2D eigenvalue weighted by molar-refractivity contribution is -0.149. The van der Waals surface area contributed by atoms with Gasteiger partial charge in [0.2, 0.25) is 5.91 Å². The van der Waals surface area contributed by atoms with E-state index < -0.39 is 0 Å². The Hall–Kier alpha value is -0.320. The lowest BCUT2D eigenvalue weighted by atomic mass is 10.1. The summed E-state index contributed by atoms with van der Waals surface area (Å²) >= 11 is 5.66. The van der Waals surface area contributed by atoms with Crippen molar-refractivity contribution in [2.45, 2.75) is 26.0 Å². The normalized spacial score (nSPS) is 28.9. The summed E-state index contributed by atoms with van der Waals surface area (Å²) in [6.07, 6.45) is -0.257. The number of ether oxygens (including phenoxy) is 1. The highest BCUT2D eigenvalue weighted by molar-refractivity contribution is 6.19. The second-order valence-electron chi connectivity index (χ2n) is 4.03. The van der Waals surface area contributed by atoms with Crippen molar-refractivity contribution in [2.75, 3.05) is 25.6 Å². The number of nitrogens with zero attached hydrogens (tertiary/aromatic N) is 1. The number of aliphatic hydroxyl groups excluding tert-OH is 1. The van der Waals surface area contributed by atoms with Gasteiger partial charge in [0.05, 0.1) is 25.4 Å². The van der Waals surface area contributed by atoms with Gasteiger partial charge < -0.3 is 14.7 Å². The van der Waals surface area contributed by atoms with Gasteiger partial charge in [0.25, 0.3) is 0 Å². The number of hydrogen-bond donors (Lipinski definition) is 1. The number of carbonyl (C=O) groups excluding carboxylic acids is 1. The number of amides is 1. The Kier molecular flexibility index (Phi) is 4.83. The molecular formula is C10H18ClNO3. The summed E-state index contributed by atoms with van der Waals surface area (Å²) in [7, 11) is 0. The molecule has 1 aliphatic heterocycles. The number of rotatable bonds is 3. The first kappa shape index (κ1) is 12.7. The van der Waals surface area contributed by atoms with E-state index in [4.69, 9.17) is 21.4 Å². The fourth-order valence-electron chi connectivity index (χ4n) is 1.58. The quantitative estimate of drug-likeness (QED) is 0.724. The van der Waals surface area contributed by atoms with Crippen LogP contribution in [0.5, 0.6) is 0 Å². The zero-order valence-corrected chi connectivity index (χ0v) is 9.91. The van der Waals surface area contributed by atoms with E-state index in [1.165, 1.54) is 0 Å². The highest BCUT2D eigenvalue weighted by Gasteiger charge is 2.31. The average molecular weight is 236 g/mol. The molecule has 1 heterocycles. The van der Waals surface area contributed by atoms with Crippen LogP contribution in [0, 0.1) is 5.92 Å². The van der Waals surface area contributed by atoms with E-state index >= 15 is 0 Å². The van der Waals surface area contributed by atoms with Gasteiger partial charge in [0.1, 0.15) is 0 Å². The van der Waals surface area contributed by atoms with E-state index in [0.29, 0.717) is 19.0 Å². The molecule has 1 saturated heterocycles. The van der Waals surface area contributed by atoms with Gasteiger partial charge in [-0.15, -0.1) is 11.6 Å². The van der Waals surface area contributed by atoms with Crippen LogP contribution in [0.1, 0.15) is 13.8 Å². The number of halogens is 1. The van der Waals surface area contributed by atoms with E-state index in [0.717, 1.165) is 0 Å². The molecule has 1 amide bonds. The van der Waals surface area contributed by atoms with Gasteiger partial charge in [0.15, 0.2) is 0 Å². The number of morpholine rings is 1. The Morgan fingerprint density at radius 2 is 2.40 bits per heavy atom. The smallest absolute Gasteiger partial charge is 0.227 e. The largest absolute Gasteiger partial charge is 0.394 e. The summed E-state index contributed by atoms with van der Waals surface area (Å²) in [5, 5.41) is 8.98. The van der Waals surface area contributed by atoms with Crippen molar-refractivity contribution in [3.63, 3.8) is 0 Å². The molecular weight excluding hydrogens is 218 g/mol. The van der Waals surface area contributed by atoms with Crippen molar-refractivity contribution < 1.29 is 14.6 Å². The van der Waals surface area contributed by atoms with Crippen molar-refractivity contribution >= 4 is 17.5 Å². The Morgan fingerprint density at radius 3 is 2.93 bits per heavy atom. The van der Waals surface area contributed by atoms with E-state index in [-0.39, 0.29) is 30.6 Å². The third-order valence-corrected chi connectivity index (χ3v) is 3.11. The zero-order chi connectivity index (χ0) is 11.4. The van der Waals surface area contributed by atoms with Crippen molar-refractivity contribution in [1.29, 1.82) is 0 Å². The molecule has 3 atom stereocenters. The number of carbonyl (C=O) groups is 1. The molecule has 3 unspecified atom stereocenters. The van der Waals surface area contributed by atoms with Crippen LogP contribution in [0.3, 0.4) is 0 Å². The van der Waals surface area contributed by atoms with Crippen LogP contribution >= 0.6 is 11.6 Å². The van der Waals surface area contributed by atoms with Gasteiger partial charge in [0, 0.05) is 18.3 Å². The molecule has 1 fully saturated rings. The zero-order valence-electron chi connectivity index (χ0n) is 9.15. The van der Waals surface area contributed by atoms with E-state index in [9.17, 15) is 4.79 Å². The van der Waals surface area contributed by atoms with E-state index in [1.807, 2.05) is 13.8 Å². The molecule has 0 aliphatic carbocycles.